The molecule has 0 saturated heterocycles. The maximum atomic E-state index is 11.5. The van der Waals surface area contributed by atoms with Gasteiger partial charge in [-0.25, -0.2) is 0 Å². The highest BCUT2D eigenvalue weighted by Gasteiger charge is 2.13. The van der Waals surface area contributed by atoms with Crippen LogP contribution in [0.5, 0.6) is 11.5 Å². The first-order valence-corrected chi connectivity index (χ1v) is 4.58. The number of phenolic OH excluding ortho intramolecular Hbond substituents is 1. The Morgan fingerprint density at radius 3 is 2.56 bits per heavy atom. The Morgan fingerprint density at radius 1 is 1.38 bits per heavy atom. The maximum Gasteiger partial charge on any atom is 0.303 e. The maximum absolute atomic E-state index is 11.5. The van der Waals surface area contributed by atoms with Gasteiger partial charge in [-0.1, -0.05) is 0 Å². The molecular formula is C11H12O5. The van der Waals surface area contributed by atoms with Crippen molar-refractivity contribution in [2.45, 2.75) is 6.92 Å². The Labute approximate surface area is 92.6 Å². The molecule has 1 N–H and O–H groups in total. The number of Topliss-reactive ketones (excluding diaryl/α,β-unsaturated/α-hetero) is 1. The molecule has 1 aromatic rings. The van der Waals surface area contributed by atoms with E-state index in [0.717, 1.165) is 0 Å². The van der Waals surface area contributed by atoms with E-state index in [9.17, 15) is 14.7 Å². The molecule has 0 bridgehead atoms. The lowest BCUT2D eigenvalue weighted by Crippen LogP contribution is -2.12. The standard InChI is InChI=1S/C11H12O5/c1-7(12)16-6-11(14)9-4-3-8(15-2)5-10(9)13/h3-5,13H,6H2,1-2H3. The molecule has 5 heteroatoms. The number of benzene rings is 1. The predicted octanol–water partition coefficient (Wildman–Crippen LogP) is 1.15. The largest absolute Gasteiger partial charge is 0.507 e. The summed E-state index contributed by atoms with van der Waals surface area (Å²) in [4.78, 5) is 22.0. The summed E-state index contributed by atoms with van der Waals surface area (Å²) in [5, 5.41) is 9.52. The van der Waals surface area contributed by atoms with E-state index in [1.54, 1.807) is 6.07 Å². The van der Waals surface area contributed by atoms with Crippen LogP contribution in [0.15, 0.2) is 18.2 Å². The summed E-state index contributed by atoms with van der Waals surface area (Å²) in [7, 11) is 1.45. The molecule has 0 aromatic heterocycles. The number of phenols is 1. The van der Waals surface area contributed by atoms with Gasteiger partial charge in [0.25, 0.3) is 0 Å². The number of aromatic hydroxyl groups is 1. The summed E-state index contributed by atoms with van der Waals surface area (Å²) in [6.07, 6.45) is 0. The number of rotatable bonds is 4. The number of carbonyl (C=O) groups excluding carboxylic acids is 2. The molecule has 0 saturated carbocycles. The highest BCUT2D eigenvalue weighted by molar-refractivity contribution is 6.00. The van der Waals surface area contributed by atoms with Crippen LogP contribution in [-0.4, -0.2) is 30.6 Å². The van der Waals surface area contributed by atoms with Crippen LogP contribution < -0.4 is 4.74 Å². The van der Waals surface area contributed by atoms with Crippen LogP contribution in [-0.2, 0) is 9.53 Å². The third-order valence-corrected chi connectivity index (χ3v) is 1.91. The summed E-state index contributed by atoms with van der Waals surface area (Å²) >= 11 is 0. The van der Waals surface area contributed by atoms with Crippen LogP contribution in [0.4, 0.5) is 0 Å². The van der Waals surface area contributed by atoms with E-state index in [1.807, 2.05) is 0 Å². The van der Waals surface area contributed by atoms with Gasteiger partial charge >= 0.3 is 5.97 Å². The van der Waals surface area contributed by atoms with Crippen LogP contribution in [0.1, 0.15) is 17.3 Å². The van der Waals surface area contributed by atoms with Gasteiger partial charge in [0.05, 0.1) is 12.7 Å². The van der Waals surface area contributed by atoms with Crippen molar-refractivity contribution in [1.29, 1.82) is 0 Å². The van der Waals surface area contributed by atoms with Crippen molar-refractivity contribution in [3.05, 3.63) is 23.8 Å². The van der Waals surface area contributed by atoms with Gasteiger partial charge in [-0.2, -0.15) is 0 Å². The fourth-order valence-electron chi connectivity index (χ4n) is 1.12. The molecule has 0 heterocycles. The normalized spacial score (nSPS) is 9.62. The van der Waals surface area contributed by atoms with E-state index < -0.39 is 11.8 Å². The number of carbonyl (C=O) groups is 2. The minimum atomic E-state index is -0.540. The number of ketones is 1. The van der Waals surface area contributed by atoms with Gasteiger partial charge in [0.1, 0.15) is 11.5 Å². The van der Waals surface area contributed by atoms with Crippen molar-refractivity contribution in [1.82, 2.24) is 0 Å². The molecule has 1 rings (SSSR count). The molecule has 0 aliphatic heterocycles. The minimum absolute atomic E-state index is 0.0991. The third kappa shape index (κ3) is 2.98. The van der Waals surface area contributed by atoms with Gasteiger partial charge in [0, 0.05) is 13.0 Å². The highest BCUT2D eigenvalue weighted by Crippen LogP contribution is 2.23. The monoisotopic (exact) mass is 224 g/mol. The van der Waals surface area contributed by atoms with Crippen molar-refractivity contribution in [2.24, 2.45) is 0 Å². The zero-order chi connectivity index (χ0) is 12.1. The van der Waals surface area contributed by atoms with Crippen molar-refractivity contribution in [3.8, 4) is 11.5 Å². The molecule has 86 valence electrons. The number of hydrogen-bond donors (Lipinski definition) is 1. The van der Waals surface area contributed by atoms with Gasteiger partial charge in [-0.05, 0) is 12.1 Å². The zero-order valence-corrected chi connectivity index (χ0v) is 9.02. The molecule has 0 unspecified atom stereocenters. The second-order valence-corrected chi connectivity index (χ2v) is 3.09. The molecule has 0 radical (unpaired) electrons. The Morgan fingerprint density at radius 2 is 2.06 bits per heavy atom. The lowest BCUT2D eigenvalue weighted by Gasteiger charge is -2.06. The van der Waals surface area contributed by atoms with E-state index >= 15 is 0 Å². The summed E-state index contributed by atoms with van der Waals surface area (Å²) < 4.78 is 9.41. The lowest BCUT2D eigenvalue weighted by molar-refractivity contribution is -0.139. The summed E-state index contributed by atoms with van der Waals surface area (Å²) in [5.41, 5.74) is 0.0991. The van der Waals surface area contributed by atoms with E-state index in [1.165, 1.54) is 26.2 Å². The van der Waals surface area contributed by atoms with Crippen molar-refractivity contribution in [2.75, 3.05) is 13.7 Å². The van der Waals surface area contributed by atoms with Crippen LogP contribution in [0, 0.1) is 0 Å². The van der Waals surface area contributed by atoms with Gasteiger partial charge in [0.2, 0.25) is 5.78 Å². The molecule has 16 heavy (non-hydrogen) atoms. The van der Waals surface area contributed by atoms with Gasteiger partial charge in [-0.3, -0.25) is 9.59 Å². The average Bonchev–Trinajstić information content (AvgIpc) is 2.25. The fourth-order valence-corrected chi connectivity index (χ4v) is 1.12. The molecule has 5 nitrogen and oxygen atoms in total. The molecule has 0 aliphatic carbocycles. The summed E-state index contributed by atoms with van der Waals surface area (Å²) in [5.74, 6) is -0.755. The molecular weight excluding hydrogens is 212 g/mol. The molecule has 0 fully saturated rings. The quantitative estimate of drug-likeness (QED) is 0.613. The average molecular weight is 224 g/mol. The second kappa shape index (κ2) is 5.16. The topological polar surface area (TPSA) is 72.8 Å². The van der Waals surface area contributed by atoms with Gasteiger partial charge < -0.3 is 14.6 Å². The Kier molecular flexibility index (Phi) is 3.88. The second-order valence-electron chi connectivity index (χ2n) is 3.09. The van der Waals surface area contributed by atoms with E-state index in [4.69, 9.17) is 4.74 Å². The molecule has 0 aliphatic rings. The minimum Gasteiger partial charge on any atom is -0.507 e. The van der Waals surface area contributed by atoms with Crippen LogP contribution >= 0.6 is 0 Å². The van der Waals surface area contributed by atoms with Crippen LogP contribution in [0.25, 0.3) is 0 Å². The predicted molar refractivity (Wildman–Crippen MR) is 55.6 cm³/mol. The SMILES string of the molecule is COc1ccc(C(=O)COC(C)=O)c(O)c1. The molecule has 1 aromatic carbocycles. The van der Waals surface area contributed by atoms with Crippen molar-refractivity contribution in [3.63, 3.8) is 0 Å². The number of hydrogen-bond acceptors (Lipinski definition) is 5. The number of methoxy groups -OCH3 is 1. The van der Waals surface area contributed by atoms with Gasteiger partial charge in [0.15, 0.2) is 6.61 Å². The Balaban J connectivity index is 2.79. The first-order chi connectivity index (χ1) is 7.54. The van der Waals surface area contributed by atoms with Crippen molar-refractivity contribution < 1.29 is 24.2 Å². The highest BCUT2D eigenvalue weighted by atomic mass is 16.5. The molecule has 0 amide bonds. The molecule has 0 atom stereocenters. The van der Waals surface area contributed by atoms with E-state index in [2.05, 4.69) is 4.74 Å². The Hall–Kier alpha value is -2.04. The number of esters is 1. The third-order valence-electron chi connectivity index (χ3n) is 1.91. The first kappa shape index (κ1) is 12.0. The van der Waals surface area contributed by atoms with Gasteiger partial charge in [-0.15, -0.1) is 0 Å². The summed E-state index contributed by atoms with van der Waals surface area (Å²) in [6, 6.07) is 4.28. The Bertz CT molecular complexity index is 411. The lowest BCUT2D eigenvalue weighted by atomic mass is 10.1. The van der Waals surface area contributed by atoms with Crippen molar-refractivity contribution >= 4 is 11.8 Å². The van der Waals surface area contributed by atoms with Crippen LogP contribution in [0.3, 0.4) is 0 Å². The smallest absolute Gasteiger partial charge is 0.303 e. The van der Waals surface area contributed by atoms with E-state index in [-0.39, 0.29) is 17.9 Å². The fraction of sp³-hybridized carbons (Fsp3) is 0.273. The van der Waals surface area contributed by atoms with Crippen LogP contribution in [0.2, 0.25) is 0 Å². The zero-order valence-electron chi connectivity index (χ0n) is 9.02. The first-order valence-electron chi connectivity index (χ1n) is 4.58. The van der Waals surface area contributed by atoms with E-state index in [0.29, 0.717) is 5.75 Å². The number of ether oxygens (including phenoxy) is 2. The summed E-state index contributed by atoms with van der Waals surface area (Å²) in [6.45, 7) is 0.830. The molecule has 0 spiro atoms.